The first-order valence-electron chi connectivity index (χ1n) is 5.59. The number of nitrogens with zero attached hydrogens (tertiary/aromatic N) is 2. The average Bonchev–Trinajstić information content (AvgIpc) is 2.82. The summed E-state index contributed by atoms with van der Waals surface area (Å²) < 4.78 is 38.1. The van der Waals surface area contributed by atoms with E-state index in [0.717, 1.165) is 25.2 Å². The zero-order valence-corrected chi connectivity index (χ0v) is 9.20. The fourth-order valence-electron chi connectivity index (χ4n) is 2.11. The number of carbonyl (C=O) groups is 1. The van der Waals surface area contributed by atoms with E-state index in [2.05, 4.69) is 5.10 Å². The van der Waals surface area contributed by atoms with Crippen LogP contribution in [0.3, 0.4) is 0 Å². The van der Waals surface area contributed by atoms with Gasteiger partial charge in [-0.3, -0.25) is 9.48 Å². The van der Waals surface area contributed by atoms with E-state index in [-0.39, 0.29) is 11.7 Å². The smallest absolute Gasteiger partial charge is 0.299 e. The molecule has 1 aliphatic carbocycles. The van der Waals surface area contributed by atoms with Gasteiger partial charge in [-0.15, -0.1) is 0 Å². The molecule has 0 aromatic carbocycles. The maximum Gasteiger partial charge on any atom is 0.419 e. The van der Waals surface area contributed by atoms with E-state index in [1.165, 1.54) is 4.68 Å². The van der Waals surface area contributed by atoms with Crippen LogP contribution in [0.1, 0.15) is 31.2 Å². The third-order valence-electron chi connectivity index (χ3n) is 3.10. The average molecular weight is 246 g/mol. The van der Waals surface area contributed by atoms with Crippen molar-refractivity contribution >= 4 is 5.78 Å². The van der Waals surface area contributed by atoms with Crippen molar-refractivity contribution < 1.29 is 18.0 Å². The summed E-state index contributed by atoms with van der Waals surface area (Å²) in [5.74, 6) is 0.238. The molecule has 94 valence electrons. The van der Waals surface area contributed by atoms with Crippen molar-refractivity contribution in [2.24, 2.45) is 5.92 Å². The number of aromatic nitrogens is 2. The molecule has 1 aromatic rings. The van der Waals surface area contributed by atoms with Crippen LogP contribution in [0.5, 0.6) is 0 Å². The molecule has 1 unspecified atom stereocenters. The van der Waals surface area contributed by atoms with Crippen LogP contribution in [0.4, 0.5) is 13.2 Å². The molecule has 1 aliphatic rings. The second-order valence-corrected chi connectivity index (χ2v) is 4.33. The quantitative estimate of drug-likeness (QED) is 0.821. The molecule has 0 aliphatic heterocycles. The van der Waals surface area contributed by atoms with Gasteiger partial charge in [0.05, 0.1) is 11.8 Å². The first kappa shape index (κ1) is 12.1. The third-order valence-corrected chi connectivity index (χ3v) is 3.10. The van der Waals surface area contributed by atoms with Gasteiger partial charge in [0.1, 0.15) is 5.78 Å². The summed E-state index contributed by atoms with van der Waals surface area (Å²) in [6.45, 7) is 0.368. The molecule has 17 heavy (non-hydrogen) atoms. The van der Waals surface area contributed by atoms with Crippen molar-refractivity contribution in [3.05, 3.63) is 18.0 Å². The number of Topliss-reactive ketones (excluding diaryl/α,β-unsaturated/α-hetero) is 1. The molecule has 0 radical (unpaired) electrons. The lowest BCUT2D eigenvalue weighted by Crippen LogP contribution is -2.10. The fourth-order valence-corrected chi connectivity index (χ4v) is 2.11. The Balaban J connectivity index is 1.91. The van der Waals surface area contributed by atoms with Crippen molar-refractivity contribution in [1.82, 2.24) is 9.78 Å². The van der Waals surface area contributed by atoms with E-state index in [4.69, 9.17) is 0 Å². The Kier molecular flexibility index (Phi) is 3.22. The molecule has 3 nitrogen and oxygen atoms in total. The lowest BCUT2D eigenvalue weighted by molar-refractivity contribution is -0.137. The van der Waals surface area contributed by atoms with Crippen LogP contribution < -0.4 is 0 Å². The van der Waals surface area contributed by atoms with Crippen molar-refractivity contribution in [2.75, 3.05) is 0 Å². The zero-order valence-electron chi connectivity index (χ0n) is 9.20. The minimum absolute atomic E-state index is 0.00790. The number of aryl methyl sites for hydroxylation is 1. The third kappa shape index (κ3) is 2.87. The van der Waals surface area contributed by atoms with Gasteiger partial charge in [-0.05, 0) is 19.3 Å². The van der Waals surface area contributed by atoms with Crippen LogP contribution in [0, 0.1) is 5.92 Å². The molecule has 0 saturated heterocycles. The fraction of sp³-hybridized carbons (Fsp3) is 0.636. The highest BCUT2D eigenvalue weighted by atomic mass is 19.4. The molecule has 1 heterocycles. The number of hydrogen-bond donors (Lipinski definition) is 0. The highest BCUT2D eigenvalue weighted by molar-refractivity contribution is 5.82. The van der Waals surface area contributed by atoms with E-state index in [1.54, 1.807) is 0 Å². The van der Waals surface area contributed by atoms with E-state index in [1.807, 2.05) is 0 Å². The highest BCUT2D eigenvalue weighted by Gasteiger charge is 2.32. The van der Waals surface area contributed by atoms with Crippen molar-refractivity contribution in [1.29, 1.82) is 0 Å². The van der Waals surface area contributed by atoms with Gasteiger partial charge in [0.2, 0.25) is 0 Å². The first-order valence-corrected chi connectivity index (χ1v) is 5.59. The Morgan fingerprint density at radius 3 is 2.76 bits per heavy atom. The van der Waals surface area contributed by atoms with Gasteiger partial charge in [0, 0.05) is 25.1 Å². The molecule has 1 aromatic heterocycles. The van der Waals surface area contributed by atoms with Gasteiger partial charge in [-0.25, -0.2) is 0 Å². The summed E-state index contributed by atoms with van der Waals surface area (Å²) in [6, 6.07) is 0. The summed E-state index contributed by atoms with van der Waals surface area (Å²) >= 11 is 0. The van der Waals surface area contributed by atoms with Gasteiger partial charge >= 0.3 is 6.18 Å². The maximum atomic E-state index is 12.3. The Labute approximate surface area is 96.6 Å². The second-order valence-electron chi connectivity index (χ2n) is 4.33. The van der Waals surface area contributed by atoms with Crippen LogP contribution in [0.2, 0.25) is 0 Å². The topological polar surface area (TPSA) is 34.9 Å². The van der Waals surface area contributed by atoms with Crippen LogP contribution in [-0.4, -0.2) is 15.6 Å². The van der Waals surface area contributed by atoms with Gasteiger partial charge in [-0.2, -0.15) is 18.3 Å². The normalized spacial score (nSPS) is 21.1. The molecular weight excluding hydrogens is 233 g/mol. The molecule has 1 atom stereocenters. The standard InChI is InChI=1S/C11H13F3N2O/c12-11(13,14)9-6-15-16(7-9)5-4-8-2-1-3-10(8)17/h6-8H,1-5H2. The lowest BCUT2D eigenvalue weighted by Gasteiger charge is -2.07. The molecule has 6 heteroatoms. The monoisotopic (exact) mass is 246 g/mol. The van der Waals surface area contributed by atoms with E-state index in [9.17, 15) is 18.0 Å². The van der Waals surface area contributed by atoms with Gasteiger partial charge < -0.3 is 0 Å². The number of halogens is 3. The molecule has 1 fully saturated rings. The van der Waals surface area contributed by atoms with Crippen molar-refractivity contribution in [3.8, 4) is 0 Å². The first-order chi connectivity index (χ1) is 7.97. The highest BCUT2D eigenvalue weighted by Crippen LogP contribution is 2.29. The molecule has 0 bridgehead atoms. The van der Waals surface area contributed by atoms with Crippen molar-refractivity contribution in [3.63, 3.8) is 0 Å². The predicted molar refractivity (Wildman–Crippen MR) is 54.2 cm³/mol. The maximum absolute atomic E-state index is 12.3. The van der Waals surface area contributed by atoms with Crippen LogP contribution in [0.25, 0.3) is 0 Å². The lowest BCUT2D eigenvalue weighted by atomic mass is 10.0. The van der Waals surface area contributed by atoms with Crippen LogP contribution >= 0.6 is 0 Å². The SMILES string of the molecule is O=C1CCCC1CCn1cc(C(F)(F)F)cn1. The minimum atomic E-state index is -4.35. The van der Waals surface area contributed by atoms with Crippen molar-refractivity contribution in [2.45, 2.75) is 38.4 Å². The molecule has 2 rings (SSSR count). The molecule has 1 saturated carbocycles. The summed E-state index contributed by atoms with van der Waals surface area (Å²) in [4.78, 5) is 11.4. The minimum Gasteiger partial charge on any atom is -0.299 e. The van der Waals surface area contributed by atoms with E-state index >= 15 is 0 Å². The summed E-state index contributed by atoms with van der Waals surface area (Å²) in [7, 11) is 0. The summed E-state index contributed by atoms with van der Waals surface area (Å²) in [6.07, 6.45) is 0.398. The van der Waals surface area contributed by atoms with Gasteiger partial charge in [0.25, 0.3) is 0 Å². The van der Waals surface area contributed by atoms with E-state index in [0.29, 0.717) is 19.4 Å². The predicted octanol–water partition coefficient (Wildman–Crippen LogP) is 2.66. The van der Waals surface area contributed by atoms with E-state index < -0.39 is 11.7 Å². The number of carbonyl (C=O) groups excluding carboxylic acids is 1. The number of rotatable bonds is 3. The Hall–Kier alpha value is -1.33. The van der Waals surface area contributed by atoms with Crippen LogP contribution in [-0.2, 0) is 17.5 Å². The zero-order chi connectivity index (χ0) is 12.5. The number of hydrogen-bond acceptors (Lipinski definition) is 2. The molecular formula is C11H13F3N2O. The van der Waals surface area contributed by atoms with Gasteiger partial charge in [0.15, 0.2) is 0 Å². The Bertz CT molecular complexity index is 411. The molecule has 0 amide bonds. The number of ketones is 1. The Morgan fingerprint density at radius 2 is 2.24 bits per heavy atom. The Morgan fingerprint density at radius 1 is 1.47 bits per heavy atom. The largest absolute Gasteiger partial charge is 0.419 e. The molecule has 0 spiro atoms. The molecule has 0 N–H and O–H groups in total. The second kappa shape index (κ2) is 4.50. The number of alkyl halides is 3. The summed E-state index contributed by atoms with van der Waals surface area (Å²) in [5.41, 5.74) is -0.741. The van der Waals surface area contributed by atoms with Gasteiger partial charge in [-0.1, -0.05) is 0 Å². The van der Waals surface area contributed by atoms with Crippen LogP contribution in [0.15, 0.2) is 12.4 Å². The summed E-state index contributed by atoms with van der Waals surface area (Å²) in [5, 5.41) is 3.65.